The highest BCUT2D eigenvalue weighted by Gasteiger charge is 2.17. The maximum Gasteiger partial charge on any atom is 0.243 e. The Labute approximate surface area is 144 Å². The van der Waals surface area contributed by atoms with E-state index in [1.807, 2.05) is 49.4 Å². The maximum atomic E-state index is 12.3. The summed E-state index contributed by atoms with van der Waals surface area (Å²) in [7, 11) is 0. The van der Waals surface area contributed by atoms with E-state index in [0.29, 0.717) is 18.0 Å². The molecule has 2 N–H and O–H groups in total. The second kappa shape index (κ2) is 7.86. The van der Waals surface area contributed by atoms with Crippen molar-refractivity contribution in [1.82, 2.24) is 0 Å². The normalized spacial score (nSPS) is 11.0. The minimum absolute atomic E-state index is 0.0155. The molecule has 4 nitrogen and oxygen atoms in total. The third-order valence-electron chi connectivity index (χ3n) is 3.64. The highest BCUT2D eigenvalue weighted by Crippen LogP contribution is 2.29. The van der Waals surface area contributed by atoms with Crippen LogP contribution in [-0.4, -0.2) is 19.1 Å². The summed E-state index contributed by atoms with van der Waals surface area (Å²) in [6.07, 6.45) is 0. The smallest absolute Gasteiger partial charge is 0.243 e. The van der Waals surface area contributed by atoms with E-state index in [-0.39, 0.29) is 17.9 Å². The predicted molar refractivity (Wildman–Crippen MR) is 99.9 cm³/mol. The fraction of sp³-hybridized carbons (Fsp3) is 0.350. The first-order chi connectivity index (χ1) is 11.4. The van der Waals surface area contributed by atoms with Gasteiger partial charge >= 0.3 is 0 Å². The highest BCUT2D eigenvalue weighted by molar-refractivity contribution is 5.95. The van der Waals surface area contributed by atoms with Crippen molar-refractivity contribution in [3.8, 4) is 5.75 Å². The monoisotopic (exact) mass is 326 g/mol. The molecule has 0 saturated carbocycles. The number of para-hydroxylation sites is 3. The van der Waals surface area contributed by atoms with Gasteiger partial charge in [-0.1, -0.05) is 51.1 Å². The molecule has 0 aromatic heterocycles. The third kappa shape index (κ3) is 4.75. The average Bonchev–Trinajstić information content (AvgIpc) is 2.54. The molecule has 0 aliphatic carbocycles. The Balaban J connectivity index is 2.02. The van der Waals surface area contributed by atoms with Crippen LogP contribution in [0.2, 0.25) is 0 Å². The van der Waals surface area contributed by atoms with Crippen molar-refractivity contribution in [1.29, 1.82) is 0 Å². The van der Waals surface area contributed by atoms with Crippen LogP contribution in [0.15, 0.2) is 48.5 Å². The van der Waals surface area contributed by atoms with Gasteiger partial charge in [0.25, 0.3) is 0 Å². The zero-order valence-electron chi connectivity index (χ0n) is 14.8. The molecule has 1 amide bonds. The van der Waals surface area contributed by atoms with Crippen LogP contribution in [0.1, 0.15) is 33.3 Å². The van der Waals surface area contributed by atoms with Crippen LogP contribution < -0.4 is 15.4 Å². The molecule has 0 heterocycles. The molecule has 128 valence electrons. The Morgan fingerprint density at radius 2 is 1.62 bits per heavy atom. The number of carbonyl (C=O) groups is 1. The predicted octanol–water partition coefficient (Wildman–Crippen LogP) is 4.43. The number of nitrogens with one attached hydrogen (secondary N) is 2. The van der Waals surface area contributed by atoms with Gasteiger partial charge in [-0.25, -0.2) is 0 Å². The molecule has 0 aliphatic rings. The van der Waals surface area contributed by atoms with Crippen molar-refractivity contribution in [3.63, 3.8) is 0 Å². The number of benzene rings is 2. The van der Waals surface area contributed by atoms with Crippen LogP contribution in [0, 0.1) is 0 Å². The standard InChI is InChI=1S/C20H26N2O2/c1-5-24-18-13-9-8-12-17(18)22-19(23)14-21-16-11-7-6-10-15(16)20(2,3)4/h6-13,21H,5,14H2,1-4H3,(H,22,23). The largest absolute Gasteiger partial charge is 0.492 e. The number of anilines is 2. The fourth-order valence-electron chi connectivity index (χ4n) is 2.51. The Morgan fingerprint density at radius 1 is 1.00 bits per heavy atom. The molecule has 0 atom stereocenters. The summed E-state index contributed by atoms with van der Waals surface area (Å²) in [5, 5.41) is 6.14. The Hall–Kier alpha value is -2.49. The highest BCUT2D eigenvalue weighted by atomic mass is 16.5. The van der Waals surface area contributed by atoms with Gasteiger partial charge in [-0.3, -0.25) is 4.79 Å². The van der Waals surface area contributed by atoms with E-state index in [2.05, 4.69) is 37.5 Å². The zero-order chi connectivity index (χ0) is 17.6. The summed E-state index contributed by atoms with van der Waals surface area (Å²) in [4.78, 5) is 12.3. The number of ether oxygens (including phenoxy) is 1. The lowest BCUT2D eigenvalue weighted by Gasteiger charge is -2.23. The van der Waals surface area contributed by atoms with Crippen LogP contribution in [-0.2, 0) is 10.2 Å². The molecule has 2 rings (SSSR count). The Morgan fingerprint density at radius 3 is 2.29 bits per heavy atom. The molecule has 0 saturated heterocycles. The quantitative estimate of drug-likeness (QED) is 0.825. The molecular formula is C20H26N2O2. The molecule has 0 unspecified atom stereocenters. The van der Waals surface area contributed by atoms with Crippen LogP contribution >= 0.6 is 0 Å². The van der Waals surface area contributed by atoms with Crippen LogP contribution in [0.3, 0.4) is 0 Å². The number of rotatable bonds is 6. The van der Waals surface area contributed by atoms with E-state index >= 15 is 0 Å². The lowest BCUT2D eigenvalue weighted by atomic mass is 9.86. The minimum atomic E-state index is -0.106. The fourth-order valence-corrected chi connectivity index (χ4v) is 2.51. The SMILES string of the molecule is CCOc1ccccc1NC(=O)CNc1ccccc1C(C)(C)C. The molecule has 0 spiro atoms. The van der Waals surface area contributed by atoms with Gasteiger partial charge in [0, 0.05) is 5.69 Å². The summed E-state index contributed by atoms with van der Waals surface area (Å²) in [5.41, 5.74) is 2.88. The van der Waals surface area contributed by atoms with Crippen molar-refractivity contribution >= 4 is 17.3 Å². The van der Waals surface area contributed by atoms with E-state index in [0.717, 1.165) is 5.69 Å². The van der Waals surface area contributed by atoms with Crippen molar-refractivity contribution in [2.24, 2.45) is 0 Å². The van der Waals surface area contributed by atoms with Gasteiger partial charge in [0.05, 0.1) is 18.8 Å². The first-order valence-electron chi connectivity index (χ1n) is 8.27. The van der Waals surface area contributed by atoms with Gasteiger partial charge in [-0.15, -0.1) is 0 Å². The Kier molecular flexibility index (Phi) is 5.85. The first kappa shape index (κ1) is 17.9. The van der Waals surface area contributed by atoms with Gasteiger partial charge in [0.15, 0.2) is 0 Å². The van der Waals surface area contributed by atoms with E-state index < -0.39 is 0 Å². The Bertz CT molecular complexity index is 690. The molecule has 0 bridgehead atoms. The van der Waals surface area contributed by atoms with Crippen molar-refractivity contribution in [3.05, 3.63) is 54.1 Å². The first-order valence-corrected chi connectivity index (χ1v) is 8.27. The molecule has 0 aliphatic heterocycles. The molecule has 0 fully saturated rings. The third-order valence-corrected chi connectivity index (χ3v) is 3.64. The summed E-state index contributed by atoms with van der Waals surface area (Å²) >= 11 is 0. The molecular weight excluding hydrogens is 300 g/mol. The van der Waals surface area contributed by atoms with Gasteiger partial charge in [0.2, 0.25) is 5.91 Å². The van der Waals surface area contributed by atoms with Gasteiger partial charge in [-0.05, 0) is 36.1 Å². The molecule has 2 aromatic carbocycles. The maximum absolute atomic E-state index is 12.3. The van der Waals surface area contributed by atoms with Crippen molar-refractivity contribution in [2.75, 3.05) is 23.8 Å². The minimum Gasteiger partial charge on any atom is -0.492 e. The second-order valence-corrected chi connectivity index (χ2v) is 6.63. The summed E-state index contributed by atoms with van der Waals surface area (Å²) in [6.45, 7) is 9.16. The van der Waals surface area contributed by atoms with E-state index in [4.69, 9.17) is 4.74 Å². The van der Waals surface area contributed by atoms with Crippen LogP contribution in [0.25, 0.3) is 0 Å². The summed E-state index contributed by atoms with van der Waals surface area (Å²) < 4.78 is 5.53. The van der Waals surface area contributed by atoms with Gasteiger partial charge < -0.3 is 15.4 Å². The summed E-state index contributed by atoms with van der Waals surface area (Å²) in [6, 6.07) is 15.5. The molecule has 0 radical (unpaired) electrons. The number of hydrogen-bond donors (Lipinski definition) is 2. The van der Waals surface area contributed by atoms with Gasteiger partial charge in [-0.2, -0.15) is 0 Å². The van der Waals surface area contributed by atoms with E-state index in [9.17, 15) is 4.79 Å². The number of amides is 1. The van der Waals surface area contributed by atoms with Crippen molar-refractivity contribution in [2.45, 2.75) is 33.1 Å². The lowest BCUT2D eigenvalue weighted by Crippen LogP contribution is -2.24. The van der Waals surface area contributed by atoms with Crippen LogP contribution in [0.4, 0.5) is 11.4 Å². The average molecular weight is 326 g/mol. The second-order valence-electron chi connectivity index (χ2n) is 6.63. The number of carbonyl (C=O) groups excluding carboxylic acids is 1. The topological polar surface area (TPSA) is 50.4 Å². The zero-order valence-corrected chi connectivity index (χ0v) is 14.8. The van der Waals surface area contributed by atoms with Crippen molar-refractivity contribution < 1.29 is 9.53 Å². The van der Waals surface area contributed by atoms with Gasteiger partial charge in [0.1, 0.15) is 5.75 Å². The number of hydrogen-bond acceptors (Lipinski definition) is 3. The molecule has 2 aromatic rings. The molecule has 4 heteroatoms. The summed E-state index contributed by atoms with van der Waals surface area (Å²) in [5.74, 6) is 0.578. The lowest BCUT2D eigenvalue weighted by molar-refractivity contribution is -0.114. The van der Waals surface area contributed by atoms with E-state index in [1.165, 1.54) is 5.56 Å². The molecule has 24 heavy (non-hydrogen) atoms. The van der Waals surface area contributed by atoms with Crippen LogP contribution in [0.5, 0.6) is 5.75 Å². The van der Waals surface area contributed by atoms with E-state index in [1.54, 1.807) is 0 Å².